The molecule has 1 amide bonds. The Bertz CT molecular complexity index is 1150. The zero-order valence-corrected chi connectivity index (χ0v) is 18.8. The van der Waals surface area contributed by atoms with Crippen molar-refractivity contribution >= 4 is 22.1 Å². The molecule has 2 aromatic carbocycles. The number of anilines is 1. The quantitative estimate of drug-likeness (QED) is 0.394. The van der Waals surface area contributed by atoms with Gasteiger partial charge >= 0.3 is 16.4 Å². The van der Waals surface area contributed by atoms with Gasteiger partial charge < -0.3 is 15.0 Å². The summed E-state index contributed by atoms with van der Waals surface area (Å²) in [5.74, 6) is 0.551. The highest BCUT2D eigenvalue weighted by molar-refractivity contribution is 7.87. The smallest absolute Gasteiger partial charge is 0.408 e. The van der Waals surface area contributed by atoms with Crippen LogP contribution in [0.15, 0.2) is 60.8 Å². The summed E-state index contributed by atoms with van der Waals surface area (Å²) in [6.07, 6.45) is 1.49. The summed E-state index contributed by atoms with van der Waals surface area (Å²) in [6, 6.07) is 15.6. The molecule has 3 aromatic rings. The number of hydrogen-bond acceptors (Lipinski definition) is 5. The molecule has 9 nitrogen and oxygen atoms in total. The largest absolute Gasteiger partial charge is 0.444 e. The number of aromatic nitrogens is 2. The first-order valence-corrected chi connectivity index (χ1v) is 11.4. The van der Waals surface area contributed by atoms with Crippen molar-refractivity contribution in [3.8, 4) is 11.3 Å². The predicted molar refractivity (Wildman–Crippen MR) is 121 cm³/mol. The molecule has 32 heavy (non-hydrogen) atoms. The van der Waals surface area contributed by atoms with Gasteiger partial charge in [0.25, 0.3) is 0 Å². The average molecular weight is 459 g/mol. The third-order valence-corrected chi connectivity index (χ3v) is 4.84. The molecule has 3 rings (SSSR count). The summed E-state index contributed by atoms with van der Waals surface area (Å²) in [6.45, 7) is 5.34. The maximum atomic E-state index is 12.4. The number of imidazole rings is 1. The Morgan fingerprint density at radius 1 is 1.12 bits per heavy atom. The number of rotatable bonds is 7. The van der Waals surface area contributed by atoms with Crippen molar-refractivity contribution in [2.75, 3.05) is 4.72 Å². The minimum Gasteiger partial charge on any atom is -0.444 e. The first kappa shape index (κ1) is 23.3. The van der Waals surface area contributed by atoms with Crippen molar-refractivity contribution in [1.82, 2.24) is 15.3 Å². The normalized spacial score (nSPS) is 12.8. The lowest BCUT2D eigenvalue weighted by molar-refractivity contribution is 0.0501. The summed E-state index contributed by atoms with van der Waals surface area (Å²) < 4.78 is 38.2. The average Bonchev–Trinajstić information content (AvgIpc) is 3.17. The van der Waals surface area contributed by atoms with Crippen LogP contribution in [0.2, 0.25) is 0 Å². The highest BCUT2D eigenvalue weighted by atomic mass is 32.2. The molecule has 0 saturated carbocycles. The van der Waals surface area contributed by atoms with E-state index in [1.165, 1.54) is 12.1 Å². The van der Waals surface area contributed by atoms with E-state index in [-0.39, 0.29) is 5.69 Å². The van der Waals surface area contributed by atoms with E-state index in [1.54, 1.807) is 39.1 Å². The number of ether oxygens (including phenoxy) is 1. The van der Waals surface area contributed by atoms with E-state index >= 15 is 0 Å². The van der Waals surface area contributed by atoms with Crippen LogP contribution in [0.25, 0.3) is 11.3 Å². The van der Waals surface area contributed by atoms with Gasteiger partial charge in [0.1, 0.15) is 11.4 Å². The number of hydrogen-bond donors (Lipinski definition) is 4. The molecular formula is C22H26N4O5S. The molecule has 0 aliphatic rings. The lowest BCUT2D eigenvalue weighted by Gasteiger charge is -2.23. The van der Waals surface area contributed by atoms with Crippen molar-refractivity contribution in [3.05, 3.63) is 72.2 Å². The zero-order chi connectivity index (χ0) is 23.4. The Hall–Kier alpha value is -3.37. The Labute approximate surface area is 187 Å². The number of nitrogens with zero attached hydrogens (tertiary/aromatic N) is 1. The van der Waals surface area contributed by atoms with Gasteiger partial charge in [0.05, 0.1) is 23.6 Å². The van der Waals surface area contributed by atoms with E-state index in [0.29, 0.717) is 12.2 Å². The van der Waals surface area contributed by atoms with Crippen LogP contribution in [-0.4, -0.2) is 34.6 Å². The van der Waals surface area contributed by atoms with Gasteiger partial charge in [-0.25, -0.2) is 9.78 Å². The Morgan fingerprint density at radius 3 is 2.38 bits per heavy atom. The Balaban J connectivity index is 1.83. The van der Waals surface area contributed by atoms with E-state index in [0.717, 1.165) is 16.8 Å². The molecular weight excluding hydrogens is 432 g/mol. The summed E-state index contributed by atoms with van der Waals surface area (Å²) >= 11 is 0. The molecule has 1 heterocycles. The van der Waals surface area contributed by atoms with Crippen LogP contribution in [0.4, 0.5) is 10.5 Å². The first-order chi connectivity index (χ1) is 15.0. The van der Waals surface area contributed by atoms with Crippen molar-refractivity contribution in [2.45, 2.75) is 38.8 Å². The second kappa shape index (κ2) is 9.41. The van der Waals surface area contributed by atoms with E-state index < -0.39 is 28.0 Å². The number of amides is 1. The molecule has 0 saturated heterocycles. The first-order valence-electron chi connectivity index (χ1n) is 9.92. The van der Waals surface area contributed by atoms with Gasteiger partial charge in [-0.2, -0.15) is 8.42 Å². The van der Waals surface area contributed by atoms with Crippen molar-refractivity contribution in [3.63, 3.8) is 0 Å². The van der Waals surface area contributed by atoms with E-state index in [9.17, 15) is 13.2 Å². The molecule has 1 aromatic heterocycles. The summed E-state index contributed by atoms with van der Waals surface area (Å²) in [7, 11) is -4.35. The molecule has 0 bridgehead atoms. The molecule has 170 valence electrons. The van der Waals surface area contributed by atoms with Gasteiger partial charge in [0.2, 0.25) is 0 Å². The molecule has 1 unspecified atom stereocenters. The Kier molecular flexibility index (Phi) is 6.85. The van der Waals surface area contributed by atoms with Crippen LogP contribution >= 0.6 is 0 Å². The third-order valence-electron chi connectivity index (χ3n) is 4.34. The summed E-state index contributed by atoms with van der Waals surface area (Å²) in [5.41, 5.74) is 2.14. The van der Waals surface area contributed by atoms with Crippen LogP contribution in [0.1, 0.15) is 38.2 Å². The van der Waals surface area contributed by atoms with Crippen molar-refractivity contribution in [1.29, 1.82) is 0 Å². The number of benzene rings is 2. The highest BCUT2D eigenvalue weighted by Gasteiger charge is 2.23. The van der Waals surface area contributed by atoms with E-state index in [4.69, 9.17) is 9.29 Å². The lowest BCUT2D eigenvalue weighted by Crippen LogP contribution is -2.36. The maximum absolute atomic E-state index is 12.4. The minimum atomic E-state index is -4.35. The number of aromatic amines is 1. The van der Waals surface area contributed by atoms with Gasteiger partial charge in [-0.15, -0.1) is 0 Å². The van der Waals surface area contributed by atoms with Crippen LogP contribution < -0.4 is 10.0 Å². The van der Waals surface area contributed by atoms with E-state index in [2.05, 4.69) is 15.3 Å². The summed E-state index contributed by atoms with van der Waals surface area (Å²) in [5, 5.41) is 2.85. The number of nitrogens with one attached hydrogen (secondary N) is 3. The SMILES string of the molecule is CC(C)(C)OC(=O)NC(Cc1ccc(NS(=O)(=O)O)cc1)c1ncc(-c2ccccc2)[nH]1. The topological polar surface area (TPSA) is 133 Å². The molecule has 0 aliphatic heterocycles. The number of carbonyl (C=O) groups is 1. The van der Waals surface area contributed by atoms with Gasteiger partial charge in [0.15, 0.2) is 0 Å². The van der Waals surface area contributed by atoms with Crippen LogP contribution in [0.5, 0.6) is 0 Å². The molecule has 0 fully saturated rings. The van der Waals surface area contributed by atoms with Gasteiger partial charge in [-0.3, -0.25) is 9.27 Å². The number of H-pyrrole nitrogens is 1. The van der Waals surface area contributed by atoms with Crippen molar-refractivity contribution in [2.24, 2.45) is 0 Å². The zero-order valence-electron chi connectivity index (χ0n) is 18.0. The monoisotopic (exact) mass is 458 g/mol. The van der Waals surface area contributed by atoms with Gasteiger partial charge in [-0.05, 0) is 44.0 Å². The van der Waals surface area contributed by atoms with Gasteiger partial charge in [-0.1, -0.05) is 42.5 Å². The molecule has 10 heteroatoms. The Morgan fingerprint density at radius 2 is 1.78 bits per heavy atom. The predicted octanol–water partition coefficient (Wildman–Crippen LogP) is 4.10. The van der Waals surface area contributed by atoms with Crippen LogP contribution in [-0.2, 0) is 21.5 Å². The molecule has 0 aliphatic carbocycles. The fourth-order valence-electron chi connectivity index (χ4n) is 3.04. The maximum Gasteiger partial charge on any atom is 0.408 e. The third kappa shape index (κ3) is 7.10. The molecule has 1 atom stereocenters. The fraction of sp³-hybridized carbons (Fsp3) is 0.273. The fourth-order valence-corrected chi connectivity index (χ4v) is 3.47. The van der Waals surface area contributed by atoms with Gasteiger partial charge in [0, 0.05) is 6.42 Å². The van der Waals surface area contributed by atoms with Crippen molar-refractivity contribution < 1.29 is 22.5 Å². The van der Waals surface area contributed by atoms with E-state index in [1.807, 2.05) is 35.1 Å². The molecule has 0 spiro atoms. The van der Waals surface area contributed by atoms with Crippen LogP contribution in [0, 0.1) is 0 Å². The molecule has 4 N–H and O–H groups in total. The summed E-state index contributed by atoms with van der Waals surface area (Å²) in [4.78, 5) is 20.1. The highest BCUT2D eigenvalue weighted by Crippen LogP contribution is 2.23. The minimum absolute atomic E-state index is 0.220. The number of carbonyl (C=O) groups excluding carboxylic acids is 1. The molecule has 0 radical (unpaired) electrons. The van der Waals surface area contributed by atoms with Crippen LogP contribution in [0.3, 0.4) is 0 Å². The number of alkyl carbamates (subject to hydrolysis) is 1. The second-order valence-corrected chi connectivity index (χ2v) is 9.38. The standard InChI is InChI=1S/C22H26N4O5S/c1-22(2,3)31-21(27)25-18(13-15-9-11-17(12-10-15)26-32(28,29)30)20-23-14-19(24-20)16-7-5-4-6-8-16/h4-12,14,18,26H,13H2,1-3H3,(H,23,24)(H,25,27)(H,28,29,30). The lowest BCUT2D eigenvalue weighted by atomic mass is 10.1. The second-order valence-electron chi connectivity index (χ2n) is 8.23.